The first kappa shape index (κ1) is 33.4. The summed E-state index contributed by atoms with van der Waals surface area (Å²) in [7, 11) is 0. The van der Waals surface area contributed by atoms with Gasteiger partial charge in [-0.3, -0.25) is 0 Å². The van der Waals surface area contributed by atoms with Gasteiger partial charge in [0.15, 0.2) is 41.7 Å². The molecule has 242 valence electrons. The van der Waals surface area contributed by atoms with Gasteiger partial charge >= 0.3 is 5.97 Å². The predicted molar refractivity (Wildman–Crippen MR) is 147 cm³/mol. The summed E-state index contributed by atoms with van der Waals surface area (Å²) in [6.45, 7) is 0.513. The van der Waals surface area contributed by atoms with E-state index in [-0.39, 0.29) is 30.3 Å². The second-order valence-electron chi connectivity index (χ2n) is 10.4. The number of para-hydroxylation sites is 1. The van der Waals surface area contributed by atoms with Crippen LogP contribution in [0.5, 0.6) is 23.0 Å². The first-order valence-electron chi connectivity index (χ1n) is 13.7. The van der Waals surface area contributed by atoms with Crippen molar-refractivity contribution in [1.82, 2.24) is 0 Å². The molecule has 0 bridgehead atoms. The fourth-order valence-electron chi connectivity index (χ4n) is 4.80. The highest BCUT2D eigenvalue weighted by Gasteiger charge is 2.52. The van der Waals surface area contributed by atoms with Crippen LogP contribution in [0.1, 0.15) is 18.1 Å². The average Bonchev–Trinajstić information content (AvgIpc) is 3.00. The highest BCUT2D eigenvalue weighted by Crippen LogP contribution is 2.33. The summed E-state index contributed by atoms with van der Waals surface area (Å²) in [6.07, 6.45) is -12.9. The third kappa shape index (κ3) is 7.58. The molecule has 2 saturated heterocycles. The first-order chi connectivity index (χ1) is 20.9. The van der Waals surface area contributed by atoms with Crippen LogP contribution in [0.15, 0.2) is 42.5 Å². The molecule has 0 amide bonds. The van der Waals surface area contributed by atoms with Crippen LogP contribution >= 0.6 is 0 Å². The van der Waals surface area contributed by atoms with Crippen LogP contribution in [0.4, 0.5) is 0 Å². The molecule has 0 radical (unpaired) electrons. The lowest BCUT2D eigenvalue weighted by molar-refractivity contribution is -0.357. The van der Waals surface area contributed by atoms with Gasteiger partial charge in [0.25, 0.3) is 0 Å². The largest absolute Gasteiger partial charge is 0.504 e. The summed E-state index contributed by atoms with van der Waals surface area (Å²) >= 11 is 0. The third-order valence-corrected chi connectivity index (χ3v) is 7.31. The lowest BCUT2D eigenvalue weighted by atomic mass is 9.97. The first-order valence-corrected chi connectivity index (χ1v) is 13.7. The van der Waals surface area contributed by atoms with E-state index in [1.807, 2.05) is 0 Å². The number of aliphatic hydroxyl groups excluding tert-OH is 5. The summed E-state index contributed by atoms with van der Waals surface area (Å²) < 4.78 is 28.1. The lowest BCUT2D eigenvalue weighted by Gasteiger charge is -2.46. The molecule has 2 aromatic carbocycles. The fourth-order valence-corrected chi connectivity index (χ4v) is 4.80. The number of phenolic OH excluding ortho intramolecular Hbond substituents is 4. The van der Waals surface area contributed by atoms with E-state index >= 15 is 0 Å². The number of aliphatic hydroxyl groups is 5. The Morgan fingerprint density at radius 3 is 2.32 bits per heavy atom. The van der Waals surface area contributed by atoms with Gasteiger partial charge in [-0.05, 0) is 43.2 Å². The Balaban J connectivity index is 1.53. The molecule has 9 N–H and O–H groups in total. The quantitative estimate of drug-likeness (QED) is 0.0873. The van der Waals surface area contributed by atoms with E-state index in [4.69, 9.17) is 23.7 Å². The van der Waals surface area contributed by atoms with Crippen LogP contribution in [-0.4, -0.2) is 127 Å². The van der Waals surface area contributed by atoms with Crippen molar-refractivity contribution in [2.45, 2.75) is 74.8 Å². The topological polar surface area (TPSA) is 245 Å². The molecule has 2 aliphatic rings. The predicted octanol–water partition coefficient (Wildman–Crippen LogP) is -1.02. The molecule has 0 saturated carbocycles. The van der Waals surface area contributed by atoms with Gasteiger partial charge in [0.2, 0.25) is 0 Å². The van der Waals surface area contributed by atoms with E-state index in [0.29, 0.717) is 11.1 Å². The molecule has 15 heteroatoms. The molecular formula is C29H36O15. The number of benzene rings is 2. The molecular weight excluding hydrogens is 588 g/mol. The number of esters is 1. The maximum atomic E-state index is 12.8. The summed E-state index contributed by atoms with van der Waals surface area (Å²) in [5.41, 5.74) is 0.665. The van der Waals surface area contributed by atoms with Crippen molar-refractivity contribution < 1.29 is 74.4 Å². The number of aromatic hydroxyl groups is 4. The van der Waals surface area contributed by atoms with E-state index in [1.165, 1.54) is 43.3 Å². The summed E-state index contributed by atoms with van der Waals surface area (Å²) in [4.78, 5) is 12.8. The number of hydrogen-bond acceptors (Lipinski definition) is 15. The smallest absolute Gasteiger partial charge is 0.331 e. The molecule has 0 spiro atoms. The molecule has 4 rings (SSSR count). The van der Waals surface area contributed by atoms with Crippen LogP contribution in [-0.2, 0) is 34.9 Å². The average molecular weight is 625 g/mol. The number of carbonyl (C=O) groups excluding carboxylic acids is 1. The molecule has 2 aromatic rings. The molecule has 2 aliphatic heterocycles. The normalized spacial score (nSPS) is 32.5. The third-order valence-electron chi connectivity index (χ3n) is 7.31. The molecule has 2 heterocycles. The van der Waals surface area contributed by atoms with E-state index in [9.17, 15) is 50.8 Å². The van der Waals surface area contributed by atoms with E-state index in [1.54, 1.807) is 6.07 Å². The van der Waals surface area contributed by atoms with Gasteiger partial charge in [0, 0.05) is 11.6 Å². The zero-order chi connectivity index (χ0) is 32.1. The second-order valence-corrected chi connectivity index (χ2v) is 10.4. The van der Waals surface area contributed by atoms with Gasteiger partial charge in [0.1, 0.15) is 36.6 Å². The lowest BCUT2D eigenvalue weighted by Crippen LogP contribution is -2.65. The van der Waals surface area contributed by atoms with E-state index in [2.05, 4.69) is 0 Å². The minimum Gasteiger partial charge on any atom is -0.504 e. The van der Waals surface area contributed by atoms with Crippen LogP contribution in [0.3, 0.4) is 0 Å². The van der Waals surface area contributed by atoms with Gasteiger partial charge in [-0.15, -0.1) is 0 Å². The highest BCUT2D eigenvalue weighted by molar-refractivity contribution is 5.87. The number of phenols is 4. The van der Waals surface area contributed by atoms with E-state index < -0.39 is 79.7 Å². The van der Waals surface area contributed by atoms with Gasteiger partial charge < -0.3 is 69.6 Å². The second kappa shape index (κ2) is 14.5. The van der Waals surface area contributed by atoms with Crippen LogP contribution in [0.2, 0.25) is 0 Å². The summed E-state index contributed by atoms with van der Waals surface area (Å²) in [5, 5.41) is 91.1. The molecule has 0 aliphatic carbocycles. The van der Waals surface area contributed by atoms with E-state index in [0.717, 1.165) is 6.08 Å². The maximum Gasteiger partial charge on any atom is 0.331 e. The molecule has 44 heavy (non-hydrogen) atoms. The number of ether oxygens (including phenoxy) is 5. The zero-order valence-electron chi connectivity index (χ0n) is 23.5. The number of rotatable bonds is 10. The highest BCUT2D eigenvalue weighted by atomic mass is 16.7. The fraction of sp³-hybridized carbons (Fsp3) is 0.483. The number of hydrogen-bond donors (Lipinski definition) is 9. The van der Waals surface area contributed by atoms with Crippen molar-refractivity contribution in [3.05, 3.63) is 53.6 Å². The van der Waals surface area contributed by atoms with Crippen LogP contribution in [0, 0.1) is 0 Å². The Labute approximate surface area is 251 Å². The van der Waals surface area contributed by atoms with Crippen molar-refractivity contribution in [2.24, 2.45) is 0 Å². The monoisotopic (exact) mass is 624 g/mol. The van der Waals surface area contributed by atoms with Crippen molar-refractivity contribution in [3.63, 3.8) is 0 Å². The molecule has 0 unspecified atom stereocenters. The van der Waals surface area contributed by atoms with Crippen molar-refractivity contribution in [1.29, 1.82) is 0 Å². The molecule has 0 aromatic heterocycles. The maximum absolute atomic E-state index is 12.8. The SMILES string of the molecule is C[C@@H]1O[C@@H](O[C@@H]2[C@@H](O)[C@H](OCCc3cccc(O)c3O)O[C@H](CO)[C@H]2OC(=O)/C=C/c2ccc(O)c(O)c2)[C@H](O)[C@H](O)[C@H]1O. The molecule has 2 fully saturated rings. The van der Waals surface area contributed by atoms with Gasteiger partial charge in [-0.2, -0.15) is 0 Å². The Morgan fingerprint density at radius 1 is 0.864 bits per heavy atom. The Morgan fingerprint density at radius 2 is 1.61 bits per heavy atom. The minimum atomic E-state index is -1.78. The van der Waals surface area contributed by atoms with Crippen molar-refractivity contribution in [3.8, 4) is 23.0 Å². The minimum absolute atomic E-state index is 0.0736. The van der Waals surface area contributed by atoms with Crippen LogP contribution < -0.4 is 0 Å². The molecule has 15 nitrogen and oxygen atoms in total. The standard InChI is InChI=1S/C29H36O15/c1-13-21(35)23(37)24(38)29(41-13)44-27-25(39)28(40-10-9-15-3-2-4-17(32)22(15)36)42-19(12-30)26(27)43-20(34)8-6-14-5-7-16(31)18(33)11-14/h2-8,11,13,19,21,23-33,35-39H,9-10,12H2,1H3/b8-6+/t13-,19+,21-,23+,24+,25+,26+,27+,28+,29-/m0/s1. The zero-order valence-corrected chi connectivity index (χ0v) is 23.5. The van der Waals surface area contributed by atoms with Gasteiger partial charge in [-0.25, -0.2) is 4.79 Å². The van der Waals surface area contributed by atoms with Crippen molar-refractivity contribution in [2.75, 3.05) is 13.2 Å². The summed E-state index contributed by atoms with van der Waals surface area (Å²) in [5.74, 6) is -2.46. The Bertz CT molecular complexity index is 1300. The molecule has 10 atom stereocenters. The van der Waals surface area contributed by atoms with Gasteiger partial charge in [-0.1, -0.05) is 18.2 Å². The summed E-state index contributed by atoms with van der Waals surface area (Å²) in [6, 6.07) is 8.17. The Kier molecular flexibility index (Phi) is 11.0. The van der Waals surface area contributed by atoms with Crippen LogP contribution in [0.25, 0.3) is 6.08 Å². The Hall–Kier alpha value is -3.51. The number of carbonyl (C=O) groups is 1. The van der Waals surface area contributed by atoms with Crippen molar-refractivity contribution >= 4 is 12.0 Å². The van der Waals surface area contributed by atoms with Gasteiger partial charge in [0.05, 0.1) is 19.3 Å².